The summed E-state index contributed by atoms with van der Waals surface area (Å²) < 4.78 is 10.9. The highest BCUT2D eigenvalue weighted by Crippen LogP contribution is 2.19. The van der Waals surface area contributed by atoms with Crippen LogP contribution in [0.1, 0.15) is 58.9 Å². The lowest BCUT2D eigenvalue weighted by molar-refractivity contribution is -0.140. The maximum atomic E-state index is 11.9. The van der Waals surface area contributed by atoms with Crippen LogP contribution >= 0.6 is 11.3 Å². The van der Waals surface area contributed by atoms with E-state index in [1.807, 2.05) is 13.8 Å². The lowest BCUT2D eigenvalue weighted by Gasteiger charge is -2.16. The van der Waals surface area contributed by atoms with Crippen LogP contribution in [-0.2, 0) is 9.47 Å². The van der Waals surface area contributed by atoms with E-state index in [0.29, 0.717) is 24.5 Å². The summed E-state index contributed by atoms with van der Waals surface area (Å²) >= 11 is 1.03. The van der Waals surface area contributed by atoms with E-state index in [-0.39, 0.29) is 17.0 Å². The molecule has 5 nitrogen and oxygen atoms in total. The van der Waals surface area contributed by atoms with Crippen molar-refractivity contribution < 1.29 is 24.2 Å². The molecule has 1 N–H and O–H groups in total. The number of ketones is 1. The van der Waals surface area contributed by atoms with Crippen LogP contribution in [0.3, 0.4) is 0 Å². The summed E-state index contributed by atoms with van der Waals surface area (Å²) in [5, 5.41) is 8.83. The summed E-state index contributed by atoms with van der Waals surface area (Å²) in [6.45, 7) is 5.06. The van der Waals surface area contributed by atoms with Crippen LogP contribution in [0.5, 0.6) is 0 Å². The number of rotatable bonds is 11. The zero-order valence-corrected chi connectivity index (χ0v) is 13.3. The molecule has 118 valence electrons. The summed E-state index contributed by atoms with van der Waals surface area (Å²) in [5.74, 6) is -0.993. The van der Waals surface area contributed by atoms with Gasteiger partial charge in [0.2, 0.25) is 0 Å². The number of hydrogen-bond donors (Lipinski definition) is 1. The quantitative estimate of drug-likeness (QED) is 0.384. The van der Waals surface area contributed by atoms with Crippen LogP contribution < -0.4 is 0 Å². The Morgan fingerprint density at radius 1 is 1.14 bits per heavy atom. The van der Waals surface area contributed by atoms with Crippen molar-refractivity contribution in [3.63, 3.8) is 0 Å². The first-order valence-corrected chi connectivity index (χ1v) is 7.99. The molecule has 6 heteroatoms. The molecule has 0 amide bonds. The molecule has 1 aromatic heterocycles. The van der Waals surface area contributed by atoms with Crippen LogP contribution in [0.2, 0.25) is 0 Å². The molecule has 0 unspecified atom stereocenters. The number of hydrogen-bond acceptors (Lipinski definition) is 5. The zero-order valence-electron chi connectivity index (χ0n) is 12.5. The summed E-state index contributed by atoms with van der Waals surface area (Å²) in [4.78, 5) is 23.4. The molecule has 21 heavy (non-hydrogen) atoms. The number of Topliss-reactive ketones (excluding diaryl/α,β-unsaturated/α-hetero) is 1. The topological polar surface area (TPSA) is 72.8 Å². The smallest absolute Gasteiger partial charge is 0.345 e. The lowest BCUT2D eigenvalue weighted by Crippen LogP contribution is -2.17. The SMILES string of the molecule is CCOC(CCCCC(=O)c1ccc(C(=O)O)s1)OCC. The monoisotopic (exact) mass is 314 g/mol. The van der Waals surface area contributed by atoms with E-state index >= 15 is 0 Å². The fraction of sp³-hybridized carbons (Fsp3) is 0.600. The number of thiophene rings is 1. The van der Waals surface area contributed by atoms with Crippen LogP contribution in [-0.4, -0.2) is 36.4 Å². The van der Waals surface area contributed by atoms with E-state index < -0.39 is 5.97 Å². The maximum Gasteiger partial charge on any atom is 0.345 e. The number of carboxylic acids is 1. The third kappa shape index (κ3) is 6.37. The number of carboxylic acid groups (broad SMARTS) is 1. The Morgan fingerprint density at radius 2 is 1.76 bits per heavy atom. The van der Waals surface area contributed by atoms with Gasteiger partial charge in [0.15, 0.2) is 12.1 Å². The molecule has 0 spiro atoms. The minimum Gasteiger partial charge on any atom is -0.477 e. The van der Waals surface area contributed by atoms with Gasteiger partial charge in [0.05, 0.1) is 4.88 Å². The van der Waals surface area contributed by atoms with Crippen LogP contribution in [0, 0.1) is 0 Å². The Hall–Kier alpha value is -1.24. The van der Waals surface area contributed by atoms with Gasteiger partial charge in [-0.05, 0) is 45.2 Å². The molecule has 0 aromatic carbocycles. The number of aromatic carboxylic acids is 1. The van der Waals surface area contributed by atoms with Crippen molar-refractivity contribution in [2.45, 2.75) is 45.8 Å². The molecule has 0 radical (unpaired) electrons. The van der Waals surface area contributed by atoms with E-state index in [1.54, 1.807) is 6.07 Å². The van der Waals surface area contributed by atoms with Crippen LogP contribution in [0.25, 0.3) is 0 Å². The number of carbonyl (C=O) groups is 2. The molecule has 0 aliphatic heterocycles. The molecule has 0 saturated heterocycles. The van der Waals surface area contributed by atoms with Gasteiger partial charge in [0, 0.05) is 19.6 Å². The van der Waals surface area contributed by atoms with Crippen molar-refractivity contribution >= 4 is 23.1 Å². The average Bonchev–Trinajstić information content (AvgIpc) is 2.93. The van der Waals surface area contributed by atoms with Crippen LogP contribution in [0.15, 0.2) is 12.1 Å². The Morgan fingerprint density at radius 3 is 2.29 bits per heavy atom. The van der Waals surface area contributed by atoms with E-state index in [4.69, 9.17) is 14.6 Å². The first-order valence-electron chi connectivity index (χ1n) is 7.18. The summed E-state index contributed by atoms with van der Waals surface area (Å²) in [7, 11) is 0. The second-order valence-electron chi connectivity index (χ2n) is 4.48. The van der Waals surface area contributed by atoms with Crippen molar-refractivity contribution in [3.8, 4) is 0 Å². The predicted molar refractivity (Wildman–Crippen MR) is 81.1 cm³/mol. The van der Waals surface area contributed by atoms with Gasteiger partial charge >= 0.3 is 5.97 Å². The molecule has 0 fully saturated rings. The Kier molecular flexibility index (Phi) is 8.19. The molecular weight excluding hydrogens is 292 g/mol. The van der Waals surface area contributed by atoms with Crippen molar-refractivity contribution in [2.24, 2.45) is 0 Å². The van der Waals surface area contributed by atoms with Gasteiger partial charge in [-0.15, -0.1) is 11.3 Å². The molecule has 0 saturated carbocycles. The molecule has 1 rings (SSSR count). The largest absolute Gasteiger partial charge is 0.477 e. The molecule has 0 atom stereocenters. The Balaban J connectivity index is 2.30. The Labute approximate surface area is 128 Å². The number of unbranched alkanes of at least 4 members (excludes halogenated alkanes) is 1. The minimum absolute atomic E-state index is 0.00290. The van der Waals surface area contributed by atoms with Gasteiger partial charge in [-0.3, -0.25) is 4.79 Å². The summed E-state index contributed by atoms with van der Waals surface area (Å²) in [5.41, 5.74) is 0. The Bertz CT molecular complexity index is 449. The first-order chi connectivity index (χ1) is 10.1. The van der Waals surface area contributed by atoms with Crippen molar-refractivity contribution in [1.82, 2.24) is 0 Å². The van der Waals surface area contributed by atoms with Crippen molar-refractivity contribution in [3.05, 3.63) is 21.9 Å². The predicted octanol–water partition coefficient (Wildman–Crippen LogP) is 3.59. The van der Waals surface area contributed by atoms with E-state index in [1.165, 1.54) is 6.07 Å². The zero-order chi connectivity index (χ0) is 15.7. The van der Waals surface area contributed by atoms with Crippen LogP contribution in [0.4, 0.5) is 0 Å². The second-order valence-corrected chi connectivity index (χ2v) is 5.56. The van der Waals surface area contributed by atoms with Crippen molar-refractivity contribution in [2.75, 3.05) is 13.2 Å². The lowest BCUT2D eigenvalue weighted by atomic mass is 10.1. The molecule has 1 heterocycles. The number of ether oxygens (including phenoxy) is 2. The molecular formula is C15H22O5S. The van der Waals surface area contributed by atoms with Gasteiger partial charge < -0.3 is 14.6 Å². The molecule has 0 bridgehead atoms. The molecule has 0 aliphatic rings. The van der Waals surface area contributed by atoms with E-state index in [0.717, 1.165) is 30.6 Å². The summed E-state index contributed by atoms with van der Waals surface area (Å²) in [6, 6.07) is 3.06. The molecule has 0 aliphatic carbocycles. The fourth-order valence-corrected chi connectivity index (χ4v) is 2.72. The normalized spacial score (nSPS) is 11.0. The average molecular weight is 314 g/mol. The highest BCUT2D eigenvalue weighted by atomic mass is 32.1. The van der Waals surface area contributed by atoms with Gasteiger partial charge in [-0.1, -0.05) is 0 Å². The fourth-order valence-electron chi connectivity index (χ4n) is 1.91. The van der Waals surface area contributed by atoms with Gasteiger partial charge in [-0.25, -0.2) is 4.79 Å². The number of carbonyl (C=O) groups excluding carboxylic acids is 1. The van der Waals surface area contributed by atoms with Gasteiger partial charge in [0.1, 0.15) is 4.88 Å². The third-order valence-corrected chi connectivity index (χ3v) is 4.00. The minimum atomic E-state index is -0.990. The standard InChI is InChI=1S/C15H22O5S/c1-3-19-14(20-4-2)8-6-5-7-11(16)12-9-10-13(21-12)15(17)18/h9-10,14H,3-8H2,1-2H3,(H,17,18). The third-order valence-electron chi connectivity index (χ3n) is 2.89. The van der Waals surface area contributed by atoms with Gasteiger partial charge in [0.25, 0.3) is 0 Å². The van der Waals surface area contributed by atoms with E-state index in [2.05, 4.69) is 0 Å². The second kappa shape index (κ2) is 9.65. The summed E-state index contributed by atoms with van der Waals surface area (Å²) in [6.07, 6.45) is 2.57. The van der Waals surface area contributed by atoms with Crippen molar-refractivity contribution in [1.29, 1.82) is 0 Å². The first kappa shape index (κ1) is 17.8. The highest BCUT2D eigenvalue weighted by Gasteiger charge is 2.13. The highest BCUT2D eigenvalue weighted by molar-refractivity contribution is 7.15. The van der Waals surface area contributed by atoms with Gasteiger partial charge in [-0.2, -0.15) is 0 Å². The van der Waals surface area contributed by atoms with E-state index in [9.17, 15) is 9.59 Å². The molecule has 1 aromatic rings. The maximum absolute atomic E-state index is 11.9.